The molecule has 1 saturated heterocycles. The van der Waals surface area contributed by atoms with E-state index >= 15 is 0 Å². The lowest BCUT2D eigenvalue weighted by Gasteiger charge is -2.30. The quantitative estimate of drug-likeness (QED) is 0.613. The Bertz CT molecular complexity index is 406. The van der Waals surface area contributed by atoms with Crippen LogP contribution in [-0.2, 0) is 14.4 Å². The van der Waals surface area contributed by atoms with Gasteiger partial charge in [-0.25, -0.2) is 0 Å². The third-order valence-electron chi connectivity index (χ3n) is 3.20. The molecule has 0 aromatic rings. The Hall–Kier alpha value is -1.63. The number of nitrogens with one attached hydrogen (secondary N) is 2. The molecule has 0 aliphatic carbocycles. The molecule has 4 N–H and O–H groups in total. The fraction of sp³-hybridized carbons (Fsp3) is 0.769. The Morgan fingerprint density at radius 1 is 1.45 bits per heavy atom. The standard InChI is InChI=1S/C13H24N4O3/c1-8(2)5-9(14)12(20)15-6-11(19)17-7-10(18)16-13(17,3)4/h8-9H,5-7,14H2,1-4H3,(H,15,20)(H,16,18)/t9-/m0/s1. The van der Waals surface area contributed by atoms with Crippen molar-refractivity contribution in [1.29, 1.82) is 0 Å². The summed E-state index contributed by atoms with van der Waals surface area (Å²) in [7, 11) is 0. The minimum atomic E-state index is -0.723. The summed E-state index contributed by atoms with van der Waals surface area (Å²) in [6.07, 6.45) is 0.565. The summed E-state index contributed by atoms with van der Waals surface area (Å²) in [4.78, 5) is 36.5. The molecule has 0 unspecified atom stereocenters. The average Bonchev–Trinajstić information content (AvgIpc) is 2.58. The van der Waals surface area contributed by atoms with E-state index in [2.05, 4.69) is 10.6 Å². The van der Waals surface area contributed by atoms with E-state index in [-0.39, 0.29) is 30.8 Å². The molecule has 0 spiro atoms. The van der Waals surface area contributed by atoms with Crippen LogP contribution in [0.1, 0.15) is 34.1 Å². The second-order valence-corrected chi connectivity index (χ2v) is 6.04. The van der Waals surface area contributed by atoms with Gasteiger partial charge in [-0.3, -0.25) is 14.4 Å². The van der Waals surface area contributed by atoms with Crippen molar-refractivity contribution in [2.45, 2.75) is 45.8 Å². The normalized spacial score (nSPS) is 18.9. The maximum atomic E-state index is 12.0. The SMILES string of the molecule is CC(C)C[C@H](N)C(=O)NCC(=O)N1CC(=O)NC1(C)C. The monoisotopic (exact) mass is 284 g/mol. The van der Waals surface area contributed by atoms with E-state index in [1.807, 2.05) is 13.8 Å². The summed E-state index contributed by atoms with van der Waals surface area (Å²) in [5.41, 5.74) is 5.01. The minimum Gasteiger partial charge on any atom is -0.346 e. The van der Waals surface area contributed by atoms with Crippen molar-refractivity contribution in [3.8, 4) is 0 Å². The lowest BCUT2D eigenvalue weighted by atomic mass is 10.0. The van der Waals surface area contributed by atoms with Crippen LogP contribution in [0.25, 0.3) is 0 Å². The molecule has 0 bridgehead atoms. The van der Waals surface area contributed by atoms with Crippen LogP contribution in [0.4, 0.5) is 0 Å². The number of nitrogens with zero attached hydrogens (tertiary/aromatic N) is 1. The first kappa shape index (κ1) is 16.4. The van der Waals surface area contributed by atoms with Gasteiger partial charge in [0.25, 0.3) is 0 Å². The van der Waals surface area contributed by atoms with Gasteiger partial charge in [-0.15, -0.1) is 0 Å². The van der Waals surface area contributed by atoms with Gasteiger partial charge in [0.1, 0.15) is 12.2 Å². The predicted molar refractivity (Wildman–Crippen MR) is 74.4 cm³/mol. The van der Waals surface area contributed by atoms with E-state index in [0.717, 1.165) is 0 Å². The summed E-state index contributed by atoms with van der Waals surface area (Å²) in [6.45, 7) is 7.29. The third-order valence-corrected chi connectivity index (χ3v) is 3.20. The summed E-state index contributed by atoms with van der Waals surface area (Å²) >= 11 is 0. The molecule has 1 rings (SSSR count). The Kier molecular flexibility index (Phi) is 5.10. The van der Waals surface area contributed by atoms with Gasteiger partial charge in [-0.1, -0.05) is 13.8 Å². The average molecular weight is 284 g/mol. The molecule has 20 heavy (non-hydrogen) atoms. The lowest BCUT2D eigenvalue weighted by Crippen LogP contribution is -2.53. The molecule has 1 aliphatic rings. The molecular weight excluding hydrogens is 260 g/mol. The highest BCUT2D eigenvalue weighted by molar-refractivity contribution is 5.92. The second kappa shape index (κ2) is 6.21. The fourth-order valence-electron chi connectivity index (χ4n) is 2.19. The van der Waals surface area contributed by atoms with Gasteiger partial charge in [0.2, 0.25) is 17.7 Å². The summed E-state index contributed by atoms with van der Waals surface area (Å²) in [5.74, 6) is -0.543. The first-order valence-electron chi connectivity index (χ1n) is 6.78. The van der Waals surface area contributed by atoms with Crippen LogP contribution >= 0.6 is 0 Å². The molecule has 7 heteroatoms. The predicted octanol–water partition coefficient (Wildman–Crippen LogP) is -0.829. The fourth-order valence-corrected chi connectivity index (χ4v) is 2.19. The molecule has 0 aromatic carbocycles. The van der Waals surface area contributed by atoms with Crippen LogP contribution in [-0.4, -0.2) is 47.4 Å². The van der Waals surface area contributed by atoms with Crippen LogP contribution in [0, 0.1) is 5.92 Å². The van der Waals surface area contributed by atoms with E-state index in [0.29, 0.717) is 12.3 Å². The van der Waals surface area contributed by atoms with Gasteiger partial charge < -0.3 is 21.3 Å². The van der Waals surface area contributed by atoms with Crippen molar-refractivity contribution >= 4 is 17.7 Å². The number of hydrogen-bond acceptors (Lipinski definition) is 4. The van der Waals surface area contributed by atoms with Crippen LogP contribution < -0.4 is 16.4 Å². The highest BCUT2D eigenvalue weighted by Crippen LogP contribution is 2.16. The maximum Gasteiger partial charge on any atom is 0.244 e. The molecule has 1 atom stereocenters. The van der Waals surface area contributed by atoms with Gasteiger partial charge in [0, 0.05) is 0 Å². The van der Waals surface area contributed by atoms with E-state index in [1.165, 1.54) is 4.90 Å². The number of carbonyl (C=O) groups excluding carboxylic acids is 3. The number of amides is 3. The molecule has 1 fully saturated rings. The highest BCUT2D eigenvalue weighted by atomic mass is 16.2. The minimum absolute atomic E-state index is 0.0136. The maximum absolute atomic E-state index is 12.0. The van der Waals surface area contributed by atoms with Crippen molar-refractivity contribution in [2.24, 2.45) is 11.7 Å². The van der Waals surface area contributed by atoms with Crippen molar-refractivity contribution in [2.75, 3.05) is 13.1 Å². The zero-order valence-electron chi connectivity index (χ0n) is 12.5. The molecule has 114 valence electrons. The van der Waals surface area contributed by atoms with Crippen LogP contribution in [0.5, 0.6) is 0 Å². The van der Waals surface area contributed by atoms with Crippen LogP contribution in [0.2, 0.25) is 0 Å². The highest BCUT2D eigenvalue weighted by Gasteiger charge is 2.39. The van der Waals surface area contributed by atoms with Gasteiger partial charge in [0.15, 0.2) is 0 Å². The topological polar surface area (TPSA) is 105 Å². The molecule has 7 nitrogen and oxygen atoms in total. The first-order valence-corrected chi connectivity index (χ1v) is 6.78. The van der Waals surface area contributed by atoms with Crippen molar-refractivity contribution in [3.63, 3.8) is 0 Å². The summed E-state index contributed by atoms with van der Waals surface area (Å²) < 4.78 is 0. The molecular formula is C13H24N4O3. The smallest absolute Gasteiger partial charge is 0.244 e. The zero-order valence-corrected chi connectivity index (χ0v) is 12.5. The van der Waals surface area contributed by atoms with E-state index < -0.39 is 11.7 Å². The van der Waals surface area contributed by atoms with Gasteiger partial charge in [0.05, 0.1) is 12.6 Å². The van der Waals surface area contributed by atoms with Crippen LogP contribution in [0.3, 0.4) is 0 Å². The van der Waals surface area contributed by atoms with Crippen molar-refractivity contribution in [1.82, 2.24) is 15.5 Å². The number of carbonyl (C=O) groups is 3. The van der Waals surface area contributed by atoms with Crippen molar-refractivity contribution in [3.05, 3.63) is 0 Å². The first-order chi connectivity index (χ1) is 9.13. The summed E-state index contributed by atoms with van der Waals surface area (Å²) in [5, 5.41) is 5.21. The van der Waals surface area contributed by atoms with E-state index in [4.69, 9.17) is 5.73 Å². The largest absolute Gasteiger partial charge is 0.346 e. The van der Waals surface area contributed by atoms with Gasteiger partial charge >= 0.3 is 0 Å². The van der Waals surface area contributed by atoms with Crippen molar-refractivity contribution < 1.29 is 14.4 Å². The molecule has 0 aromatic heterocycles. The second-order valence-electron chi connectivity index (χ2n) is 6.04. The molecule has 1 heterocycles. The van der Waals surface area contributed by atoms with E-state index in [1.54, 1.807) is 13.8 Å². The Morgan fingerprint density at radius 2 is 2.05 bits per heavy atom. The molecule has 0 saturated carbocycles. The zero-order chi connectivity index (χ0) is 15.5. The Balaban J connectivity index is 2.48. The third kappa shape index (κ3) is 4.19. The number of hydrogen-bond donors (Lipinski definition) is 3. The summed E-state index contributed by atoms with van der Waals surface area (Å²) in [6, 6.07) is -0.617. The molecule has 0 radical (unpaired) electrons. The molecule has 3 amide bonds. The lowest BCUT2D eigenvalue weighted by molar-refractivity contribution is -0.136. The van der Waals surface area contributed by atoms with E-state index in [9.17, 15) is 14.4 Å². The Morgan fingerprint density at radius 3 is 2.50 bits per heavy atom. The number of rotatable bonds is 5. The van der Waals surface area contributed by atoms with Crippen LogP contribution in [0.15, 0.2) is 0 Å². The Labute approximate surface area is 119 Å². The van der Waals surface area contributed by atoms with Gasteiger partial charge in [-0.05, 0) is 26.2 Å². The molecule has 1 aliphatic heterocycles. The van der Waals surface area contributed by atoms with Gasteiger partial charge in [-0.2, -0.15) is 0 Å². The number of nitrogens with two attached hydrogens (primary N) is 1.